The summed E-state index contributed by atoms with van der Waals surface area (Å²) < 4.78 is 38.7. The second kappa shape index (κ2) is 5.17. The molecule has 3 N–H and O–H groups in total. The molecule has 86 valence electrons. The van der Waals surface area contributed by atoms with Gasteiger partial charge in [0, 0.05) is 0 Å². The molecule has 0 fully saturated rings. The molecule has 0 atom stereocenters. The van der Waals surface area contributed by atoms with Crippen molar-refractivity contribution in [2.24, 2.45) is 10.9 Å². The minimum Gasteiger partial charge on any atom is -0.409 e. The van der Waals surface area contributed by atoms with Gasteiger partial charge in [-0.1, -0.05) is 10.3 Å². The molecule has 1 heterocycles. The van der Waals surface area contributed by atoms with Crippen molar-refractivity contribution in [3.63, 3.8) is 0 Å². The molecule has 6 nitrogen and oxygen atoms in total. The number of aryl methyl sites for hydroxylation is 1. The van der Waals surface area contributed by atoms with Gasteiger partial charge in [0.15, 0.2) is 5.82 Å². The van der Waals surface area contributed by atoms with E-state index < -0.39 is 12.1 Å². The van der Waals surface area contributed by atoms with E-state index in [0.717, 1.165) is 0 Å². The molecular formula is C6H9F3N4O2. The summed E-state index contributed by atoms with van der Waals surface area (Å²) in [5.41, 5.74) is 4.79. The average Bonchev–Trinajstić information content (AvgIpc) is 2.52. The number of aromatic nitrogens is 2. The summed E-state index contributed by atoms with van der Waals surface area (Å²) in [5, 5.41) is 13.2. The van der Waals surface area contributed by atoms with Gasteiger partial charge < -0.3 is 15.5 Å². The lowest BCUT2D eigenvalue weighted by Gasteiger charge is -1.95. The number of amidine groups is 1. The van der Waals surface area contributed by atoms with Crippen LogP contribution in [-0.2, 0) is 6.18 Å². The van der Waals surface area contributed by atoms with Crippen molar-refractivity contribution < 1.29 is 22.9 Å². The Hall–Kier alpha value is -1.80. The smallest absolute Gasteiger partial charge is 0.409 e. The van der Waals surface area contributed by atoms with E-state index in [2.05, 4.69) is 19.8 Å². The van der Waals surface area contributed by atoms with Crippen molar-refractivity contribution in [2.45, 2.75) is 20.0 Å². The summed E-state index contributed by atoms with van der Waals surface area (Å²) in [5.74, 6) is -1.14. The molecule has 0 radical (unpaired) electrons. The fourth-order valence-corrected chi connectivity index (χ4v) is 0.412. The van der Waals surface area contributed by atoms with Crippen LogP contribution in [0.4, 0.5) is 13.2 Å². The quantitative estimate of drug-likeness (QED) is 0.299. The maximum Gasteiger partial charge on any atom is 0.471 e. The molecule has 0 unspecified atom stereocenters. The van der Waals surface area contributed by atoms with Crippen LogP contribution in [0.15, 0.2) is 9.68 Å². The average molecular weight is 226 g/mol. The highest BCUT2D eigenvalue weighted by Crippen LogP contribution is 2.26. The summed E-state index contributed by atoms with van der Waals surface area (Å²) >= 11 is 0. The maximum atomic E-state index is 11.6. The van der Waals surface area contributed by atoms with Crippen LogP contribution in [0.5, 0.6) is 0 Å². The minimum atomic E-state index is -4.53. The SMILES string of the molecule is CC(N)=NO.Cc1noc(C(F)(F)F)n1. The predicted octanol–water partition coefficient (Wildman–Crippen LogP) is 1.15. The zero-order valence-corrected chi connectivity index (χ0v) is 7.91. The van der Waals surface area contributed by atoms with Gasteiger partial charge in [-0.2, -0.15) is 18.2 Å². The topological polar surface area (TPSA) is 97.5 Å². The first-order chi connectivity index (χ1) is 6.77. The van der Waals surface area contributed by atoms with Crippen LogP contribution in [0.3, 0.4) is 0 Å². The second-order valence-electron chi connectivity index (χ2n) is 2.39. The molecular weight excluding hydrogens is 217 g/mol. The van der Waals surface area contributed by atoms with Crippen LogP contribution in [0, 0.1) is 6.92 Å². The lowest BCUT2D eigenvalue weighted by Crippen LogP contribution is -2.04. The summed E-state index contributed by atoms with van der Waals surface area (Å²) in [4.78, 5) is 2.98. The molecule has 0 aromatic carbocycles. The van der Waals surface area contributed by atoms with Gasteiger partial charge in [0.1, 0.15) is 5.84 Å². The predicted molar refractivity (Wildman–Crippen MR) is 43.1 cm³/mol. The summed E-state index contributed by atoms with van der Waals surface area (Å²) in [6.45, 7) is 2.82. The third-order valence-electron chi connectivity index (χ3n) is 0.928. The number of halogens is 3. The minimum absolute atomic E-state index is 0.0210. The Morgan fingerprint density at radius 2 is 2.00 bits per heavy atom. The molecule has 9 heteroatoms. The fraction of sp³-hybridized carbons (Fsp3) is 0.500. The Bertz CT molecular complexity index is 329. The summed E-state index contributed by atoms with van der Waals surface area (Å²) in [6.07, 6.45) is -4.53. The summed E-state index contributed by atoms with van der Waals surface area (Å²) in [7, 11) is 0. The van der Waals surface area contributed by atoms with Crippen LogP contribution >= 0.6 is 0 Å². The van der Waals surface area contributed by atoms with Crippen LogP contribution in [-0.4, -0.2) is 21.2 Å². The highest BCUT2D eigenvalue weighted by molar-refractivity contribution is 5.76. The molecule has 1 aromatic rings. The Kier molecular flexibility index (Phi) is 4.55. The first-order valence-electron chi connectivity index (χ1n) is 3.59. The van der Waals surface area contributed by atoms with E-state index >= 15 is 0 Å². The van der Waals surface area contributed by atoms with Gasteiger partial charge in [0.25, 0.3) is 0 Å². The molecule has 1 aromatic heterocycles. The van der Waals surface area contributed by atoms with Gasteiger partial charge in [-0.15, -0.1) is 0 Å². The van der Waals surface area contributed by atoms with Gasteiger partial charge in [-0.25, -0.2) is 0 Å². The van der Waals surface area contributed by atoms with E-state index in [1.165, 1.54) is 13.8 Å². The third-order valence-corrected chi connectivity index (χ3v) is 0.928. The van der Waals surface area contributed by atoms with Crippen molar-refractivity contribution in [3.8, 4) is 0 Å². The van der Waals surface area contributed by atoms with Gasteiger partial charge in [0.2, 0.25) is 0 Å². The molecule has 0 aliphatic carbocycles. The van der Waals surface area contributed by atoms with Crippen molar-refractivity contribution in [2.75, 3.05) is 0 Å². The molecule has 1 rings (SSSR count). The van der Waals surface area contributed by atoms with Gasteiger partial charge in [0.05, 0.1) is 0 Å². The molecule has 0 amide bonds. The van der Waals surface area contributed by atoms with Crippen molar-refractivity contribution in [1.29, 1.82) is 0 Å². The van der Waals surface area contributed by atoms with E-state index in [1.807, 2.05) is 0 Å². The standard InChI is InChI=1S/C4H3F3N2O.C2H6N2O/c1-2-8-3(10-9-2)4(5,6)7;1-2(3)4-5/h1H3;5H,1H3,(H2,3,4). The van der Waals surface area contributed by atoms with Crippen molar-refractivity contribution in [3.05, 3.63) is 11.7 Å². The molecule has 0 aliphatic rings. The third kappa shape index (κ3) is 5.49. The van der Waals surface area contributed by atoms with Gasteiger partial charge >= 0.3 is 12.1 Å². The Labute approximate surface area is 82.6 Å². The van der Waals surface area contributed by atoms with Crippen molar-refractivity contribution in [1.82, 2.24) is 10.1 Å². The van der Waals surface area contributed by atoms with Crippen LogP contribution in [0.1, 0.15) is 18.6 Å². The molecule has 15 heavy (non-hydrogen) atoms. The highest BCUT2D eigenvalue weighted by Gasteiger charge is 2.37. The molecule has 0 spiro atoms. The maximum absolute atomic E-state index is 11.6. The van der Waals surface area contributed by atoms with E-state index in [1.54, 1.807) is 0 Å². The molecule has 0 aliphatic heterocycles. The van der Waals surface area contributed by atoms with Crippen molar-refractivity contribution >= 4 is 5.84 Å². The monoisotopic (exact) mass is 226 g/mol. The summed E-state index contributed by atoms with van der Waals surface area (Å²) in [6, 6.07) is 0. The van der Waals surface area contributed by atoms with E-state index in [4.69, 9.17) is 10.9 Å². The van der Waals surface area contributed by atoms with E-state index in [0.29, 0.717) is 0 Å². The van der Waals surface area contributed by atoms with Gasteiger partial charge in [-0.05, 0) is 13.8 Å². The zero-order valence-electron chi connectivity index (χ0n) is 7.91. The Balaban J connectivity index is 0.000000336. The van der Waals surface area contributed by atoms with E-state index in [9.17, 15) is 13.2 Å². The molecule has 0 bridgehead atoms. The number of hydrogen-bond acceptors (Lipinski definition) is 5. The Morgan fingerprint density at radius 1 is 1.53 bits per heavy atom. The zero-order chi connectivity index (χ0) is 12.1. The normalized spacial score (nSPS) is 11.9. The van der Waals surface area contributed by atoms with Crippen LogP contribution in [0.2, 0.25) is 0 Å². The van der Waals surface area contributed by atoms with Crippen LogP contribution < -0.4 is 5.73 Å². The highest BCUT2D eigenvalue weighted by atomic mass is 19.4. The Morgan fingerprint density at radius 3 is 2.13 bits per heavy atom. The first-order valence-corrected chi connectivity index (χ1v) is 3.59. The largest absolute Gasteiger partial charge is 0.471 e. The number of oxime groups is 1. The number of rotatable bonds is 0. The van der Waals surface area contributed by atoms with Gasteiger partial charge in [-0.3, -0.25) is 0 Å². The molecule has 0 saturated heterocycles. The number of nitrogens with zero attached hydrogens (tertiary/aromatic N) is 3. The fourth-order valence-electron chi connectivity index (χ4n) is 0.412. The van der Waals surface area contributed by atoms with Crippen LogP contribution in [0.25, 0.3) is 0 Å². The molecule has 0 saturated carbocycles. The lowest BCUT2D eigenvalue weighted by molar-refractivity contribution is -0.159. The lowest BCUT2D eigenvalue weighted by atomic mass is 10.6. The number of hydrogen-bond donors (Lipinski definition) is 2. The van der Waals surface area contributed by atoms with E-state index in [-0.39, 0.29) is 11.7 Å². The number of alkyl halides is 3. The number of nitrogens with two attached hydrogens (primary N) is 1. The second-order valence-corrected chi connectivity index (χ2v) is 2.39. The first kappa shape index (κ1) is 13.2.